The van der Waals surface area contributed by atoms with Gasteiger partial charge >= 0.3 is 5.97 Å². The summed E-state index contributed by atoms with van der Waals surface area (Å²) in [6.45, 7) is 1.98. The number of fused-ring (bicyclic) bond motifs is 1. The molecule has 3 aromatic rings. The summed E-state index contributed by atoms with van der Waals surface area (Å²) in [7, 11) is 0. The second-order valence-electron chi connectivity index (χ2n) is 5.46. The van der Waals surface area contributed by atoms with Crippen molar-refractivity contribution in [2.45, 2.75) is 19.8 Å². The highest BCUT2D eigenvalue weighted by Gasteiger charge is 2.12. The summed E-state index contributed by atoms with van der Waals surface area (Å²) in [6.07, 6.45) is -0.272. The van der Waals surface area contributed by atoms with Gasteiger partial charge < -0.3 is 14.8 Å². The molecule has 24 heavy (non-hydrogen) atoms. The molecule has 0 aliphatic heterocycles. The first-order valence-corrected chi connectivity index (χ1v) is 7.51. The second kappa shape index (κ2) is 6.54. The molecule has 122 valence electrons. The molecule has 0 saturated carbocycles. The van der Waals surface area contributed by atoms with Gasteiger partial charge in [0.1, 0.15) is 5.52 Å². The van der Waals surface area contributed by atoms with Crippen LogP contribution in [0.15, 0.2) is 46.9 Å². The average molecular weight is 324 g/mol. The molecular weight excluding hydrogens is 308 g/mol. The van der Waals surface area contributed by atoms with Gasteiger partial charge in [0.05, 0.1) is 6.42 Å². The molecule has 0 spiro atoms. The van der Waals surface area contributed by atoms with Crippen molar-refractivity contribution in [2.75, 3.05) is 5.32 Å². The minimum absolute atomic E-state index is 0.0712. The zero-order valence-corrected chi connectivity index (χ0v) is 13.1. The topological polar surface area (TPSA) is 92.4 Å². The molecule has 6 heteroatoms. The average Bonchev–Trinajstić information content (AvgIpc) is 2.96. The highest BCUT2D eigenvalue weighted by molar-refractivity contribution is 5.94. The van der Waals surface area contributed by atoms with Crippen molar-refractivity contribution in [1.29, 1.82) is 0 Å². The standard InChI is InChI=1S/C18H16N2O4/c1-11-4-2-3-5-13(11)18-20-14-7-6-12(10-15(14)24-18)19-16(21)8-9-17(22)23/h2-7,10H,8-9H2,1H3,(H,19,21)(H,22,23). The van der Waals surface area contributed by atoms with Crippen LogP contribution < -0.4 is 5.32 Å². The Bertz CT molecular complexity index is 914. The molecule has 6 nitrogen and oxygen atoms in total. The van der Waals surface area contributed by atoms with Gasteiger partial charge in [-0.3, -0.25) is 9.59 Å². The first-order valence-electron chi connectivity index (χ1n) is 7.51. The number of aromatic nitrogens is 1. The van der Waals surface area contributed by atoms with E-state index in [0.29, 0.717) is 22.7 Å². The lowest BCUT2D eigenvalue weighted by molar-refractivity contribution is -0.138. The van der Waals surface area contributed by atoms with E-state index < -0.39 is 5.97 Å². The van der Waals surface area contributed by atoms with Crippen LogP contribution in [0.3, 0.4) is 0 Å². The van der Waals surface area contributed by atoms with E-state index in [2.05, 4.69) is 10.3 Å². The summed E-state index contributed by atoms with van der Waals surface area (Å²) < 4.78 is 5.80. The lowest BCUT2D eigenvalue weighted by atomic mass is 10.1. The molecule has 0 unspecified atom stereocenters. The summed E-state index contributed by atoms with van der Waals surface area (Å²) in [6, 6.07) is 13.0. The number of hydrogen-bond donors (Lipinski definition) is 2. The number of aliphatic carboxylic acids is 1. The summed E-state index contributed by atoms with van der Waals surface area (Å²) >= 11 is 0. The summed E-state index contributed by atoms with van der Waals surface area (Å²) in [5.74, 6) is -0.827. The molecule has 2 aromatic carbocycles. The minimum Gasteiger partial charge on any atom is -0.481 e. The van der Waals surface area contributed by atoms with Crippen LogP contribution >= 0.6 is 0 Å². The van der Waals surface area contributed by atoms with Crippen molar-refractivity contribution in [1.82, 2.24) is 4.98 Å². The van der Waals surface area contributed by atoms with Gasteiger partial charge in [-0.25, -0.2) is 4.98 Å². The van der Waals surface area contributed by atoms with Crippen molar-refractivity contribution in [3.8, 4) is 11.5 Å². The molecule has 0 atom stereocenters. The number of anilines is 1. The van der Waals surface area contributed by atoms with Crippen LogP contribution in [0, 0.1) is 6.92 Å². The quantitative estimate of drug-likeness (QED) is 0.748. The Morgan fingerprint density at radius 2 is 1.96 bits per heavy atom. The number of oxazole rings is 1. The van der Waals surface area contributed by atoms with Gasteiger partial charge in [-0.1, -0.05) is 18.2 Å². The van der Waals surface area contributed by atoms with Crippen LogP contribution in [0.25, 0.3) is 22.6 Å². The van der Waals surface area contributed by atoms with Crippen LogP contribution in [0.2, 0.25) is 0 Å². The van der Waals surface area contributed by atoms with E-state index in [1.807, 2.05) is 31.2 Å². The van der Waals surface area contributed by atoms with Crippen LogP contribution in [0.4, 0.5) is 5.69 Å². The summed E-state index contributed by atoms with van der Waals surface area (Å²) in [4.78, 5) is 26.7. The van der Waals surface area contributed by atoms with Gasteiger partial charge in [0, 0.05) is 23.7 Å². The Labute approximate surface area is 138 Å². The van der Waals surface area contributed by atoms with Crippen molar-refractivity contribution < 1.29 is 19.1 Å². The second-order valence-corrected chi connectivity index (χ2v) is 5.46. The number of rotatable bonds is 5. The number of carboxylic acid groups (broad SMARTS) is 1. The maximum Gasteiger partial charge on any atom is 0.303 e. The molecule has 2 N–H and O–H groups in total. The van der Waals surface area contributed by atoms with E-state index in [9.17, 15) is 9.59 Å². The Kier molecular flexibility index (Phi) is 4.29. The van der Waals surface area contributed by atoms with Gasteiger partial charge in [-0.2, -0.15) is 0 Å². The zero-order chi connectivity index (χ0) is 17.1. The Balaban J connectivity index is 1.83. The van der Waals surface area contributed by atoms with E-state index in [1.54, 1.807) is 18.2 Å². The fraction of sp³-hybridized carbons (Fsp3) is 0.167. The first kappa shape index (κ1) is 15.7. The number of benzene rings is 2. The van der Waals surface area contributed by atoms with Gasteiger partial charge in [0.25, 0.3) is 0 Å². The number of amides is 1. The van der Waals surface area contributed by atoms with E-state index >= 15 is 0 Å². The zero-order valence-electron chi connectivity index (χ0n) is 13.1. The summed E-state index contributed by atoms with van der Waals surface area (Å²) in [5.41, 5.74) is 3.78. The van der Waals surface area contributed by atoms with Crippen molar-refractivity contribution in [3.63, 3.8) is 0 Å². The molecule has 1 heterocycles. The Morgan fingerprint density at radius 1 is 1.17 bits per heavy atom. The van der Waals surface area contributed by atoms with Gasteiger partial charge in [0.2, 0.25) is 11.8 Å². The summed E-state index contributed by atoms with van der Waals surface area (Å²) in [5, 5.41) is 11.3. The number of nitrogens with zero attached hydrogens (tertiary/aromatic N) is 1. The van der Waals surface area contributed by atoms with E-state index in [4.69, 9.17) is 9.52 Å². The number of nitrogens with one attached hydrogen (secondary N) is 1. The molecule has 3 rings (SSSR count). The van der Waals surface area contributed by atoms with E-state index in [-0.39, 0.29) is 18.7 Å². The van der Waals surface area contributed by atoms with E-state index in [1.165, 1.54) is 0 Å². The van der Waals surface area contributed by atoms with Crippen LogP contribution in [-0.2, 0) is 9.59 Å². The highest BCUT2D eigenvalue weighted by atomic mass is 16.4. The third kappa shape index (κ3) is 3.43. The number of hydrogen-bond acceptors (Lipinski definition) is 4. The normalized spacial score (nSPS) is 10.7. The first-order chi connectivity index (χ1) is 11.5. The molecule has 0 aliphatic rings. The van der Waals surface area contributed by atoms with Crippen LogP contribution in [-0.4, -0.2) is 22.0 Å². The smallest absolute Gasteiger partial charge is 0.303 e. The van der Waals surface area contributed by atoms with Gasteiger partial charge in [-0.05, 0) is 30.7 Å². The molecule has 1 amide bonds. The minimum atomic E-state index is -1.00. The number of carboxylic acids is 1. The maximum absolute atomic E-state index is 11.7. The monoisotopic (exact) mass is 324 g/mol. The number of carbonyl (C=O) groups excluding carboxylic acids is 1. The highest BCUT2D eigenvalue weighted by Crippen LogP contribution is 2.28. The number of aryl methyl sites for hydroxylation is 1. The Morgan fingerprint density at radius 3 is 2.71 bits per heavy atom. The predicted octanol–water partition coefficient (Wildman–Crippen LogP) is 3.61. The lowest BCUT2D eigenvalue weighted by Gasteiger charge is -2.03. The van der Waals surface area contributed by atoms with Crippen molar-refractivity contribution in [3.05, 3.63) is 48.0 Å². The molecular formula is C18H16N2O4. The molecule has 1 aromatic heterocycles. The third-order valence-corrected chi connectivity index (χ3v) is 3.61. The van der Waals surface area contributed by atoms with E-state index in [0.717, 1.165) is 11.1 Å². The third-order valence-electron chi connectivity index (χ3n) is 3.61. The van der Waals surface area contributed by atoms with Crippen molar-refractivity contribution in [2.24, 2.45) is 0 Å². The molecule has 0 saturated heterocycles. The number of carbonyl (C=O) groups is 2. The van der Waals surface area contributed by atoms with Gasteiger partial charge in [0.15, 0.2) is 5.58 Å². The lowest BCUT2D eigenvalue weighted by Crippen LogP contribution is -2.12. The van der Waals surface area contributed by atoms with Crippen LogP contribution in [0.5, 0.6) is 0 Å². The largest absolute Gasteiger partial charge is 0.481 e. The Hall–Kier alpha value is -3.15. The van der Waals surface area contributed by atoms with Crippen molar-refractivity contribution >= 4 is 28.7 Å². The molecule has 0 bridgehead atoms. The fourth-order valence-corrected chi connectivity index (χ4v) is 2.37. The fourth-order valence-electron chi connectivity index (χ4n) is 2.37. The van der Waals surface area contributed by atoms with Gasteiger partial charge in [-0.15, -0.1) is 0 Å². The predicted molar refractivity (Wildman–Crippen MR) is 89.7 cm³/mol. The molecule has 0 radical (unpaired) electrons. The maximum atomic E-state index is 11.7. The SMILES string of the molecule is Cc1ccccc1-c1nc2ccc(NC(=O)CCC(=O)O)cc2o1. The van der Waals surface area contributed by atoms with Crippen LogP contribution in [0.1, 0.15) is 18.4 Å². The molecule has 0 aliphatic carbocycles. The molecule has 0 fully saturated rings.